The summed E-state index contributed by atoms with van der Waals surface area (Å²) in [4.78, 5) is 17.8. The number of fused-ring (bicyclic) bond motifs is 1. The molecule has 152 valence electrons. The van der Waals surface area contributed by atoms with Crippen LogP contribution in [0.2, 0.25) is 0 Å². The third-order valence-electron chi connectivity index (χ3n) is 5.36. The minimum Gasteiger partial charge on any atom is -0.378 e. The summed E-state index contributed by atoms with van der Waals surface area (Å²) < 4.78 is 45.2. The van der Waals surface area contributed by atoms with Crippen molar-refractivity contribution in [2.75, 3.05) is 26.3 Å². The van der Waals surface area contributed by atoms with Gasteiger partial charge in [0.05, 0.1) is 18.8 Å². The fraction of sp³-hybridized carbons (Fsp3) is 0.318. The third-order valence-corrected chi connectivity index (χ3v) is 5.36. The molecule has 0 bridgehead atoms. The maximum atomic E-state index is 13.3. The van der Waals surface area contributed by atoms with Gasteiger partial charge < -0.3 is 14.6 Å². The number of aromatic nitrogens is 1. The quantitative estimate of drug-likeness (QED) is 0.695. The molecule has 0 spiro atoms. The van der Waals surface area contributed by atoms with Gasteiger partial charge in [0.25, 0.3) is 0 Å². The smallest absolute Gasteiger partial charge is 0.378 e. The molecule has 4 rings (SSSR count). The molecule has 2 heterocycles. The second kappa shape index (κ2) is 7.91. The van der Waals surface area contributed by atoms with Crippen LogP contribution in [-0.4, -0.2) is 42.1 Å². The molecule has 0 aliphatic carbocycles. The number of benzene rings is 2. The van der Waals surface area contributed by atoms with Crippen LogP contribution in [0.3, 0.4) is 0 Å². The number of halogens is 3. The van der Waals surface area contributed by atoms with Gasteiger partial charge in [-0.2, -0.15) is 13.2 Å². The zero-order chi connectivity index (χ0) is 20.4. The van der Waals surface area contributed by atoms with Crippen LogP contribution in [-0.2, 0) is 15.7 Å². The maximum absolute atomic E-state index is 13.3. The van der Waals surface area contributed by atoms with E-state index in [1.807, 2.05) is 24.3 Å². The second-order valence-electron chi connectivity index (χ2n) is 7.16. The minimum absolute atomic E-state index is 0.0824. The first-order valence-electron chi connectivity index (χ1n) is 9.52. The number of carbonyl (C=O) groups excluding carboxylic acids is 1. The molecule has 1 amide bonds. The van der Waals surface area contributed by atoms with Crippen molar-refractivity contribution in [3.05, 3.63) is 71.4 Å². The molecule has 29 heavy (non-hydrogen) atoms. The van der Waals surface area contributed by atoms with Crippen LogP contribution in [0.5, 0.6) is 0 Å². The number of hydrogen-bond donors (Lipinski definition) is 1. The summed E-state index contributed by atoms with van der Waals surface area (Å²) in [5, 5.41) is 0.907. The predicted molar refractivity (Wildman–Crippen MR) is 104 cm³/mol. The molecule has 1 aliphatic rings. The van der Waals surface area contributed by atoms with Gasteiger partial charge in [-0.1, -0.05) is 36.4 Å². The van der Waals surface area contributed by atoms with E-state index in [-0.39, 0.29) is 12.3 Å². The number of carbonyl (C=O) groups is 1. The monoisotopic (exact) mass is 402 g/mol. The molecular formula is C22H21F3N2O2. The van der Waals surface area contributed by atoms with Crippen molar-refractivity contribution in [1.82, 2.24) is 9.88 Å². The van der Waals surface area contributed by atoms with Gasteiger partial charge in [-0.05, 0) is 23.3 Å². The first-order valence-corrected chi connectivity index (χ1v) is 9.52. The third kappa shape index (κ3) is 4.15. The average Bonchev–Trinajstić information content (AvgIpc) is 3.16. The number of para-hydroxylation sites is 1. The van der Waals surface area contributed by atoms with E-state index >= 15 is 0 Å². The lowest BCUT2D eigenvalue weighted by Crippen LogP contribution is -2.41. The summed E-state index contributed by atoms with van der Waals surface area (Å²) >= 11 is 0. The Kier molecular flexibility index (Phi) is 5.32. The highest BCUT2D eigenvalue weighted by atomic mass is 19.4. The van der Waals surface area contributed by atoms with Crippen molar-refractivity contribution in [3.8, 4) is 0 Å². The van der Waals surface area contributed by atoms with Crippen molar-refractivity contribution >= 4 is 16.8 Å². The molecule has 1 saturated heterocycles. The predicted octanol–water partition coefficient (Wildman–Crippen LogP) is 4.57. The van der Waals surface area contributed by atoms with Crippen molar-refractivity contribution in [3.63, 3.8) is 0 Å². The van der Waals surface area contributed by atoms with Crippen molar-refractivity contribution in [2.45, 2.75) is 18.5 Å². The molecule has 4 nitrogen and oxygen atoms in total. The summed E-state index contributed by atoms with van der Waals surface area (Å²) in [6.07, 6.45) is -2.54. The number of ether oxygens (including phenoxy) is 1. The van der Waals surface area contributed by atoms with Gasteiger partial charge >= 0.3 is 6.18 Å². The van der Waals surface area contributed by atoms with Gasteiger partial charge in [0.2, 0.25) is 5.91 Å². The van der Waals surface area contributed by atoms with E-state index in [2.05, 4.69) is 4.98 Å². The number of hydrogen-bond acceptors (Lipinski definition) is 2. The highest BCUT2D eigenvalue weighted by Crippen LogP contribution is 2.37. The Labute approximate surface area is 166 Å². The lowest BCUT2D eigenvalue weighted by atomic mass is 9.87. The second-order valence-corrected chi connectivity index (χ2v) is 7.16. The summed E-state index contributed by atoms with van der Waals surface area (Å²) in [5.41, 5.74) is 1.48. The van der Waals surface area contributed by atoms with Gasteiger partial charge in [-0.15, -0.1) is 0 Å². The number of morpholine rings is 1. The Bertz CT molecular complexity index is 1010. The zero-order valence-corrected chi connectivity index (χ0v) is 15.7. The standard InChI is InChI=1S/C22H21F3N2O2/c23-22(24,25)16-5-3-4-15(12-16)18(13-21(28)27-8-10-29-11-9-27)19-14-26-20-7-2-1-6-17(19)20/h1-7,12,14,18,26H,8-11,13H2/t18-/m1/s1. The summed E-state index contributed by atoms with van der Waals surface area (Å²) in [6, 6.07) is 12.9. The van der Waals surface area contributed by atoms with Gasteiger partial charge in [0.15, 0.2) is 0 Å². The van der Waals surface area contributed by atoms with Crippen LogP contribution in [0.4, 0.5) is 13.2 Å². The number of rotatable bonds is 4. The molecule has 0 radical (unpaired) electrons. The molecule has 3 aromatic rings. The van der Waals surface area contributed by atoms with Crippen molar-refractivity contribution in [2.24, 2.45) is 0 Å². The van der Waals surface area contributed by atoms with E-state index in [1.165, 1.54) is 6.07 Å². The first-order chi connectivity index (χ1) is 13.9. The molecule has 1 fully saturated rings. The molecule has 1 aliphatic heterocycles. The number of H-pyrrole nitrogens is 1. The van der Waals surface area contributed by atoms with Crippen LogP contribution < -0.4 is 0 Å². The fourth-order valence-corrected chi connectivity index (χ4v) is 3.84. The Balaban J connectivity index is 1.74. The van der Waals surface area contributed by atoms with Crippen LogP contribution in [0.25, 0.3) is 10.9 Å². The minimum atomic E-state index is -4.44. The Morgan fingerprint density at radius 1 is 1.10 bits per heavy atom. The van der Waals surface area contributed by atoms with Crippen LogP contribution in [0.15, 0.2) is 54.7 Å². The van der Waals surface area contributed by atoms with Gasteiger partial charge in [-0.25, -0.2) is 0 Å². The van der Waals surface area contributed by atoms with E-state index in [9.17, 15) is 18.0 Å². The van der Waals surface area contributed by atoms with Crippen LogP contribution >= 0.6 is 0 Å². The van der Waals surface area contributed by atoms with Gasteiger partial charge in [0, 0.05) is 42.5 Å². The molecule has 1 N–H and O–H groups in total. The van der Waals surface area contributed by atoms with E-state index in [4.69, 9.17) is 4.74 Å². The Morgan fingerprint density at radius 2 is 1.86 bits per heavy atom. The maximum Gasteiger partial charge on any atom is 0.416 e. The lowest BCUT2D eigenvalue weighted by molar-refractivity contribution is -0.137. The Morgan fingerprint density at radius 3 is 2.62 bits per heavy atom. The number of amides is 1. The van der Waals surface area contributed by atoms with E-state index < -0.39 is 17.7 Å². The Hall–Kier alpha value is -2.80. The molecule has 0 unspecified atom stereocenters. The number of nitrogens with zero attached hydrogens (tertiary/aromatic N) is 1. The van der Waals surface area contributed by atoms with Gasteiger partial charge in [-0.3, -0.25) is 4.79 Å². The highest BCUT2D eigenvalue weighted by Gasteiger charge is 2.32. The molecule has 1 atom stereocenters. The average molecular weight is 402 g/mol. The molecule has 0 saturated carbocycles. The lowest BCUT2D eigenvalue weighted by Gasteiger charge is -2.29. The zero-order valence-electron chi connectivity index (χ0n) is 15.7. The molecular weight excluding hydrogens is 381 g/mol. The largest absolute Gasteiger partial charge is 0.416 e. The SMILES string of the molecule is O=C(C[C@H](c1cccc(C(F)(F)F)c1)c1c[nH]c2ccccc12)N1CCOCC1. The topological polar surface area (TPSA) is 45.3 Å². The first kappa shape index (κ1) is 19.5. The van der Waals surface area contributed by atoms with Crippen molar-refractivity contribution < 1.29 is 22.7 Å². The van der Waals surface area contributed by atoms with E-state index in [0.29, 0.717) is 31.9 Å². The fourth-order valence-electron chi connectivity index (χ4n) is 3.84. The summed E-state index contributed by atoms with van der Waals surface area (Å²) in [5.74, 6) is -0.565. The number of nitrogens with one attached hydrogen (secondary N) is 1. The van der Waals surface area contributed by atoms with Crippen LogP contribution in [0, 0.1) is 0 Å². The summed E-state index contributed by atoms with van der Waals surface area (Å²) in [7, 11) is 0. The van der Waals surface area contributed by atoms with Gasteiger partial charge in [0.1, 0.15) is 0 Å². The van der Waals surface area contributed by atoms with E-state index in [0.717, 1.165) is 28.6 Å². The van der Waals surface area contributed by atoms with Crippen molar-refractivity contribution in [1.29, 1.82) is 0 Å². The van der Waals surface area contributed by atoms with Crippen LogP contribution in [0.1, 0.15) is 29.0 Å². The molecule has 2 aromatic carbocycles. The number of alkyl halides is 3. The number of aromatic amines is 1. The molecule has 1 aromatic heterocycles. The summed E-state index contributed by atoms with van der Waals surface area (Å²) in [6.45, 7) is 1.96. The molecule has 7 heteroatoms. The normalized spacial score (nSPS) is 16.2. The van der Waals surface area contributed by atoms with E-state index in [1.54, 1.807) is 17.2 Å². The highest BCUT2D eigenvalue weighted by molar-refractivity contribution is 5.86.